The molecule has 0 amide bonds. The minimum Gasteiger partial charge on any atom is -0.490 e. The van der Waals surface area contributed by atoms with Crippen molar-refractivity contribution in [2.75, 3.05) is 11.9 Å². The summed E-state index contributed by atoms with van der Waals surface area (Å²) in [5, 5.41) is 15.4. The number of azo groups is 1. The molecule has 0 spiro atoms. The minimum absolute atomic E-state index is 0. The molecule has 3 heterocycles. The lowest BCUT2D eigenvalue weighted by molar-refractivity contribution is 0.143. The van der Waals surface area contributed by atoms with Crippen LogP contribution in [0.4, 0.5) is 5.69 Å². The van der Waals surface area contributed by atoms with Crippen LogP contribution < -0.4 is 20.8 Å². The van der Waals surface area contributed by atoms with Crippen molar-refractivity contribution < 1.29 is 4.74 Å². The third-order valence-electron chi connectivity index (χ3n) is 5.90. The summed E-state index contributed by atoms with van der Waals surface area (Å²) in [5.74, 6) is 1.23. The highest BCUT2D eigenvalue weighted by Crippen LogP contribution is 2.37. The number of allylic oxidation sites excluding steroid dienone is 1. The van der Waals surface area contributed by atoms with Gasteiger partial charge in [-0.2, -0.15) is 10.2 Å². The van der Waals surface area contributed by atoms with E-state index in [1.165, 1.54) is 11.1 Å². The first-order valence-electron chi connectivity index (χ1n) is 10.0. The predicted molar refractivity (Wildman–Crippen MR) is 124 cm³/mol. The van der Waals surface area contributed by atoms with Crippen molar-refractivity contribution in [2.24, 2.45) is 16.1 Å². The van der Waals surface area contributed by atoms with Gasteiger partial charge in [0.25, 0.3) is 0 Å². The largest absolute Gasteiger partial charge is 0.490 e. The number of halogens is 3. The summed E-state index contributed by atoms with van der Waals surface area (Å²) < 4.78 is 6.17. The second kappa shape index (κ2) is 9.04. The molecule has 0 radical (unpaired) electrons. The molecule has 5 nitrogen and oxygen atoms in total. The van der Waals surface area contributed by atoms with E-state index in [0.717, 1.165) is 52.9 Å². The van der Waals surface area contributed by atoms with Crippen LogP contribution in [-0.4, -0.2) is 17.6 Å². The van der Waals surface area contributed by atoms with Gasteiger partial charge in [-0.15, -0.1) is 12.4 Å². The molecule has 158 valence electrons. The quantitative estimate of drug-likeness (QED) is 0.660. The molecule has 8 heteroatoms. The lowest BCUT2D eigenvalue weighted by Crippen LogP contribution is -2.27. The molecule has 2 aliphatic heterocycles. The predicted octanol–water partition coefficient (Wildman–Crippen LogP) is 5.13. The molecule has 0 saturated heterocycles. The normalized spacial score (nSPS) is 22.5. The average molecular weight is 466 g/mol. The summed E-state index contributed by atoms with van der Waals surface area (Å²) in [6.07, 6.45) is 8.12. The zero-order valence-electron chi connectivity index (χ0n) is 16.3. The number of rotatable bonds is 3. The molecule has 2 N–H and O–H groups in total. The molecule has 0 unspecified atom stereocenters. The Kier molecular flexibility index (Phi) is 6.42. The molecule has 5 rings (SSSR count). The van der Waals surface area contributed by atoms with Crippen LogP contribution in [0.3, 0.4) is 0 Å². The first-order valence-corrected chi connectivity index (χ1v) is 10.8. The zero-order valence-corrected chi connectivity index (χ0v) is 18.7. The van der Waals surface area contributed by atoms with Crippen molar-refractivity contribution in [3.8, 4) is 5.75 Å². The van der Waals surface area contributed by atoms with Crippen LogP contribution in [-0.2, 0) is 6.54 Å². The Morgan fingerprint density at radius 2 is 1.93 bits per heavy atom. The molecule has 2 aromatic rings. The number of aromatic nitrogens is 1. The van der Waals surface area contributed by atoms with Crippen LogP contribution in [0, 0.1) is 5.92 Å². The third kappa shape index (κ3) is 4.11. The smallest absolute Gasteiger partial charge is 0.121 e. The Balaban J connectivity index is 0.00000218. The summed E-state index contributed by atoms with van der Waals surface area (Å²) >= 11 is 12.8. The topological polar surface area (TPSA) is 61.8 Å². The number of hydrogen-bond donors (Lipinski definition) is 2. The van der Waals surface area contributed by atoms with Crippen LogP contribution in [0.1, 0.15) is 31.2 Å². The number of ether oxygens (including phenoxy) is 1. The van der Waals surface area contributed by atoms with Gasteiger partial charge < -0.3 is 15.0 Å². The molecule has 1 saturated carbocycles. The number of H-pyrrole nitrogens is 1. The summed E-state index contributed by atoms with van der Waals surface area (Å²) in [5.41, 5.74) is 3.50. The summed E-state index contributed by atoms with van der Waals surface area (Å²) in [6.45, 7) is 1.31. The Morgan fingerprint density at radius 1 is 1.10 bits per heavy atom. The fourth-order valence-electron chi connectivity index (χ4n) is 4.51. The molecule has 1 fully saturated rings. The highest BCUT2D eigenvalue weighted by Gasteiger charge is 2.29. The number of nitrogens with zero attached hydrogens (tertiary/aromatic N) is 2. The Morgan fingerprint density at radius 3 is 2.73 bits per heavy atom. The lowest BCUT2D eigenvalue weighted by Gasteiger charge is -2.30. The zero-order chi connectivity index (χ0) is 19.8. The van der Waals surface area contributed by atoms with Crippen LogP contribution in [0.15, 0.2) is 45.6 Å². The van der Waals surface area contributed by atoms with Crippen LogP contribution in [0.5, 0.6) is 5.75 Å². The van der Waals surface area contributed by atoms with E-state index in [-0.39, 0.29) is 18.5 Å². The van der Waals surface area contributed by atoms with Crippen LogP contribution >= 0.6 is 35.6 Å². The molecule has 1 aliphatic carbocycles. The number of aromatic amines is 1. The first-order chi connectivity index (χ1) is 14.2. The monoisotopic (exact) mass is 464 g/mol. The molecule has 1 aromatic carbocycles. The van der Waals surface area contributed by atoms with Crippen molar-refractivity contribution in [2.45, 2.75) is 38.3 Å². The van der Waals surface area contributed by atoms with Gasteiger partial charge in [-0.1, -0.05) is 29.3 Å². The van der Waals surface area contributed by atoms with Gasteiger partial charge in [0, 0.05) is 22.2 Å². The van der Waals surface area contributed by atoms with Gasteiger partial charge in [0.2, 0.25) is 0 Å². The van der Waals surface area contributed by atoms with Crippen LogP contribution in [0.25, 0.3) is 11.8 Å². The maximum absolute atomic E-state index is 6.76. The average Bonchev–Trinajstić information content (AvgIpc) is 2.99. The third-order valence-corrected chi connectivity index (χ3v) is 6.49. The van der Waals surface area contributed by atoms with Gasteiger partial charge in [0.05, 0.1) is 35.2 Å². The molecule has 30 heavy (non-hydrogen) atoms. The molecule has 0 bridgehead atoms. The molecule has 3 aliphatic rings. The maximum atomic E-state index is 6.76. The minimum atomic E-state index is 0. The number of hydrogen-bond acceptors (Lipinski definition) is 4. The van der Waals surface area contributed by atoms with Gasteiger partial charge in [0.1, 0.15) is 5.75 Å². The second-order valence-electron chi connectivity index (χ2n) is 7.71. The van der Waals surface area contributed by atoms with Gasteiger partial charge in [-0.25, -0.2) is 0 Å². The fraction of sp³-hybridized carbons (Fsp3) is 0.364. The van der Waals surface area contributed by atoms with Gasteiger partial charge in [-0.3, -0.25) is 0 Å². The van der Waals surface area contributed by atoms with E-state index in [9.17, 15) is 0 Å². The Hall–Kier alpha value is -1.95. The Bertz CT molecular complexity index is 1110. The van der Waals surface area contributed by atoms with E-state index in [0.29, 0.717) is 24.0 Å². The Labute approximate surface area is 191 Å². The number of benzene rings is 1. The SMILES string of the molecule is Cl.ClC1=CCNc2c3c([nH]c2=C1[C@H]1CC[C@H](Oc2cccc(Cl)c2)CC1)=CN=NC3. The highest BCUT2D eigenvalue weighted by molar-refractivity contribution is 6.36. The maximum Gasteiger partial charge on any atom is 0.121 e. The van der Waals surface area contributed by atoms with Crippen molar-refractivity contribution in [3.05, 3.63) is 56.7 Å². The van der Waals surface area contributed by atoms with E-state index in [2.05, 4.69) is 26.6 Å². The first kappa shape index (κ1) is 21.3. The van der Waals surface area contributed by atoms with E-state index < -0.39 is 0 Å². The number of fused-ring (bicyclic) bond motifs is 3. The van der Waals surface area contributed by atoms with Crippen molar-refractivity contribution in [1.82, 2.24) is 4.98 Å². The number of nitrogens with one attached hydrogen (secondary N) is 2. The standard InChI is InChI=1S/C22H22Cl2N4O.ClH/c23-14-2-1-3-16(10-14)29-15-6-4-13(5-7-15)20-18(24)8-9-25-21-17-11-26-27-12-19(17)28-22(20)21;/h1-3,8,10,12-13,15,25,28H,4-7,9,11H2;1H/t13-,15-;. The number of anilines is 1. The van der Waals surface area contributed by atoms with E-state index in [1.807, 2.05) is 24.3 Å². The van der Waals surface area contributed by atoms with E-state index >= 15 is 0 Å². The van der Waals surface area contributed by atoms with Gasteiger partial charge >= 0.3 is 0 Å². The summed E-state index contributed by atoms with van der Waals surface area (Å²) in [6, 6.07) is 7.63. The lowest BCUT2D eigenvalue weighted by atomic mass is 9.81. The van der Waals surface area contributed by atoms with Gasteiger partial charge in [0.15, 0.2) is 0 Å². The fourth-order valence-corrected chi connectivity index (χ4v) is 5.02. The summed E-state index contributed by atoms with van der Waals surface area (Å²) in [4.78, 5) is 3.55. The highest BCUT2D eigenvalue weighted by atomic mass is 35.5. The van der Waals surface area contributed by atoms with Crippen molar-refractivity contribution >= 4 is 53.1 Å². The van der Waals surface area contributed by atoms with E-state index in [1.54, 1.807) is 6.20 Å². The van der Waals surface area contributed by atoms with Gasteiger partial charge in [-0.05, 0) is 61.4 Å². The second-order valence-corrected chi connectivity index (χ2v) is 8.55. The van der Waals surface area contributed by atoms with E-state index in [4.69, 9.17) is 27.9 Å². The van der Waals surface area contributed by atoms with Crippen molar-refractivity contribution in [3.63, 3.8) is 0 Å². The molecular weight excluding hydrogens is 443 g/mol. The van der Waals surface area contributed by atoms with Crippen molar-refractivity contribution in [1.29, 1.82) is 0 Å². The molecule has 1 aromatic heterocycles. The van der Waals surface area contributed by atoms with Crippen LogP contribution in [0.2, 0.25) is 5.02 Å². The summed E-state index contributed by atoms with van der Waals surface area (Å²) in [7, 11) is 0. The molecular formula is C22H23Cl3N4O. The molecule has 0 atom stereocenters.